The molecule has 1 aliphatic heterocycles. The summed E-state index contributed by atoms with van der Waals surface area (Å²) in [5.41, 5.74) is 0. The first-order valence-corrected chi connectivity index (χ1v) is 7.07. The van der Waals surface area contributed by atoms with Crippen molar-refractivity contribution in [1.82, 2.24) is 10.6 Å². The van der Waals surface area contributed by atoms with Crippen LogP contribution in [-0.2, 0) is 0 Å². The van der Waals surface area contributed by atoms with Crippen LogP contribution in [0.25, 0.3) is 0 Å². The van der Waals surface area contributed by atoms with E-state index >= 15 is 0 Å². The highest BCUT2D eigenvalue weighted by Gasteiger charge is 2.31. The predicted octanol–water partition coefficient (Wildman–Crippen LogP) is 2.66. The molecule has 3 heteroatoms. The molecule has 0 bridgehead atoms. The number of allylic oxidation sites excluding steroid dienone is 2. The summed E-state index contributed by atoms with van der Waals surface area (Å²) in [5, 5.41) is 8.09. The first-order valence-electron chi connectivity index (χ1n) is 6.69. The van der Waals surface area contributed by atoms with Crippen molar-refractivity contribution in [1.29, 1.82) is 0 Å². The number of rotatable bonds is 4. The summed E-state index contributed by atoms with van der Waals surface area (Å²) in [7, 11) is 0. The number of halogens is 1. The first kappa shape index (κ1) is 13.1. The Labute approximate surface area is 109 Å². The van der Waals surface area contributed by atoms with Gasteiger partial charge in [0.25, 0.3) is 0 Å². The second kappa shape index (κ2) is 6.03. The van der Waals surface area contributed by atoms with E-state index < -0.39 is 0 Å². The lowest BCUT2D eigenvalue weighted by atomic mass is 9.83. The van der Waals surface area contributed by atoms with Crippen molar-refractivity contribution < 1.29 is 0 Å². The standard InChI is InChI=1S/C14H23ClN2/c1-10(2)5-7-16-13-6-8-17-14-9-11(15)3-4-12(13)14/h3-4,9-10,12-14,16-17H,5-8H2,1-2H3. The highest BCUT2D eigenvalue weighted by Crippen LogP contribution is 2.26. The first-order chi connectivity index (χ1) is 8.16. The van der Waals surface area contributed by atoms with Crippen LogP contribution in [0.15, 0.2) is 23.3 Å². The van der Waals surface area contributed by atoms with Gasteiger partial charge in [-0.2, -0.15) is 0 Å². The van der Waals surface area contributed by atoms with Gasteiger partial charge in [-0.05, 0) is 44.0 Å². The smallest absolute Gasteiger partial charge is 0.0378 e. The molecule has 1 aliphatic carbocycles. The van der Waals surface area contributed by atoms with E-state index in [0.717, 1.165) is 24.0 Å². The van der Waals surface area contributed by atoms with Crippen molar-refractivity contribution in [2.75, 3.05) is 13.1 Å². The lowest BCUT2D eigenvalue weighted by molar-refractivity contribution is 0.277. The second-order valence-electron chi connectivity index (χ2n) is 5.50. The number of nitrogens with one attached hydrogen (secondary N) is 2. The van der Waals surface area contributed by atoms with E-state index in [1.165, 1.54) is 12.8 Å². The van der Waals surface area contributed by atoms with Crippen molar-refractivity contribution >= 4 is 11.6 Å². The molecule has 1 heterocycles. The van der Waals surface area contributed by atoms with Gasteiger partial charge in [0.2, 0.25) is 0 Å². The summed E-state index contributed by atoms with van der Waals surface area (Å²) in [5.74, 6) is 1.33. The largest absolute Gasteiger partial charge is 0.313 e. The maximum absolute atomic E-state index is 6.04. The quantitative estimate of drug-likeness (QED) is 0.806. The van der Waals surface area contributed by atoms with Gasteiger partial charge in [0, 0.05) is 23.0 Å². The molecule has 0 aromatic heterocycles. The maximum atomic E-state index is 6.04. The number of fused-ring (bicyclic) bond motifs is 1. The molecule has 2 rings (SSSR count). The topological polar surface area (TPSA) is 24.1 Å². The Balaban J connectivity index is 1.88. The Bertz CT molecular complexity index is 309. The highest BCUT2D eigenvalue weighted by atomic mass is 35.5. The third kappa shape index (κ3) is 3.57. The molecule has 3 atom stereocenters. The Morgan fingerprint density at radius 2 is 2.35 bits per heavy atom. The third-order valence-corrected chi connectivity index (χ3v) is 3.91. The molecule has 3 unspecified atom stereocenters. The zero-order valence-corrected chi connectivity index (χ0v) is 11.5. The lowest BCUT2D eigenvalue weighted by Crippen LogP contribution is -2.53. The van der Waals surface area contributed by atoms with Gasteiger partial charge in [-0.25, -0.2) is 0 Å². The van der Waals surface area contributed by atoms with Crippen LogP contribution < -0.4 is 10.6 Å². The van der Waals surface area contributed by atoms with Crippen LogP contribution in [-0.4, -0.2) is 25.2 Å². The van der Waals surface area contributed by atoms with Crippen LogP contribution in [0.2, 0.25) is 0 Å². The fourth-order valence-electron chi connectivity index (χ4n) is 2.63. The Kier molecular flexibility index (Phi) is 4.66. The van der Waals surface area contributed by atoms with Crippen LogP contribution in [0, 0.1) is 11.8 Å². The van der Waals surface area contributed by atoms with Crippen molar-refractivity contribution in [3.63, 3.8) is 0 Å². The number of hydrogen-bond donors (Lipinski definition) is 2. The summed E-state index contributed by atoms with van der Waals surface area (Å²) in [4.78, 5) is 0. The summed E-state index contributed by atoms with van der Waals surface area (Å²) in [6.45, 7) is 6.75. The van der Waals surface area contributed by atoms with Gasteiger partial charge < -0.3 is 10.6 Å². The second-order valence-corrected chi connectivity index (χ2v) is 5.94. The van der Waals surface area contributed by atoms with Gasteiger partial charge in [-0.3, -0.25) is 0 Å². The van der Waals surface area contributed by atoms with Crippen LogP contribution >= 0.6 is 11.6 Å². The minimum atomic E-state index is 0.415. The van der Waals surface area contributed by atoms with Crippen LogP contribution in [0.4, 0.5) is 0 Å². The van der Waals surface area contributed by atoms with E-state index in [-0.39, 0.29) is 0 Å². The Hall–Kier alpha value is -0.310. The Morgan fingerprint density at radius 3 is 3.12 bits per heavy atom. The number of piperidine rings is 1. The van der Waals surface area contributed by atoms with Crippen molar-refractivity contribution in [2.45, 2.75) is 38.8 Å². The molecule has 0 amide bonds. The van der Waals surface area contributed by atoms with Crippen molar-refractivity contribution in [3.8, 4) is 0 Å². The molecule has 0 aromatic rings. The van der Waals surface area contributed by atoms with E-state index in [9.17, 15) is 0 Å². The van der Waals surface area contributed by atoms with Crippen LogP contribution in [0.3, 0.4) is 0 Å². The van der Waals surface area contributed by atoms with Crippen molar-refractivity contribution in [3.05, 3.63) is 23.3 Å². The van der Waals surface area contributed by atoms with Gasteiger partial charge in [0.1, 0.15) is 0 Å². The van der Waals surface area contributed by atoms with Gasteiger partial charge in [-0.15, -0.1) is 0 Å². The third-order valence-electron chi connectivity index (χ3n) is 3.66. The van der Waals surface area contributed by atoms with Gasteiger partial charge >= 0.3 is 0 Å². The molecular weight excluding hydrogens is 232 g/mol. The average Bonchev–Trinajstić information content (AvgIpc) is 2.28. The normalized spacial score (nSPS) is 32.5. The molecule has 1 fully saturated rings. The number of hydrogen-bond acceptors (Lipinski definition) is 2. The zero-order valence-electron chi connectivity index (χ0n) is 10.7. The monoisotopic (exact) mass is 254 g/mol. The van der Waals surface area contributed by atoms with Gasteiger partial charge in [0.15, 0.2) is 0 Å². The van der Waals surface area contributed by atoms with Crippen LogP contribution in [0.5, 0.6) is 0 Å². The average molecular weight is 255 g/mol. The maximum Gasteiger partial charge on any atom is 0.0378 e. The fourth-order valence-corrected chi connectivity index (χ4v) is 2.84. The molecule has 0 saturated carbocycles. The highest BCUT2D eigenvalue weighted by molar-refractivity contribution is 6.31. The SMILES string of the molecule is CC(C)CCNC1CCNC2C=C(Cl)C=CC21. The van der Waals surface area contributed by atoms with E-state index in [1.807, 2.05) is 6.08 Å². The van der Waals surface area contributed by atoms with Gasteiger partial charge in [0.05, 0.1) is 0 Å². The summed E-state index contributed by atoms with van der Waals surface area (Å²) >= 11 is 6.04. The fraction of sp³-hybridized carbons (Fsp3) is 0.714. The molecule has 2 N–H and O–H groups in total. The minimum Gasteiger partial charge on any atom is -0.313 e. The van der Waals surface area contributed by atoms with Crippen LogP contribution in [0.1, 0.15) is 26.7 Å². The molecule has 96 valence electrons. The van der Waals surface area contributed by atoms with E-state index in [4.69, 9.17) is 11.6 Å². The minimum absolute atomic E-state index is 0.415. The zero-order chi connectivity index (χ0) is 12.3. The molecule has 0 spiro atoms. The van der Waals surface area contributed by atoms with E-state index in [1.54, 1.807) is 0 Å². The molecule has 2 nitrogen and oxygen atoms in total. The summed E-state index contributed by atoms with van der Waals surface area (Å²) in [6.07, 6.45) is 8.89. The Morgan fingerprint density at radius 1 is 1.53 bits per heavy atom. The molecule has 0 radical (unpaired) electrons. The predicted molar refractivity (Wildman–Crippen MR) is 74.2 cm³/mol. The molecule has 2 aliphatic rings. The van der Waals surface area contributed by atoms with Crippen molar-refractivity contribution in [2.24, 2.45) is 11.8 Å². The summed E-state index contributed by atoms with van der Waals surface area (Å²) in [6, 6.07) is 1.01. The van der Waals surface area contributed by atoms with Gasteiger partial charge in [-0.1, -0.05) is 31.5 Å². The van der Waals surface area contributed by atoms with E-state index in [2.05, 4.69) is 36.6 Å². The summed E-state index contributed by atoms with van der Waals surface area (Å²) < 4.78 is 0. The lowest BCUT2D eigenvalue weighted by Gasteiger charge is -2.38. The van der Waals surface area contributed by atoms with E-state index in [0.29, 0.717) is 18.0 Å². The molecule has 1 saturated heterocycles. The molecule has 0 aromatic carbocycles. The molecule has 17 heavy (non-hydrogen) atoms. The molecular formula is C14H23ClN2.